The minimum atomic E-state index is -0.707. The van der Waals surface area contributed by atoms with E-state index in [1.807, 2.05) is 25.1 Å². The van der Waals surface area contributed by atoms with Gasteiger partial charge in [-0.1, -0.05) is 54.6 Å². The highest BCUT2D eigenvalue weighted by molar-refractivity contribution is 5.63. The van der Waals surface area contributed by atoms with Gasteiger partial charge in [-0.3, -0.25) is 0 Å². The quantitative estimate of drug-likeness (QED) is 0.756. The van der Waals surface area contributed by atoms with Gasteiger partial charge in [0, 0.05) is 12.6 Å². The third-order valence-corrected chi connectivity index (χ3v) is 3.39. The van der Waals surface area contributed by atoms with E-state index in [2.05, 4.69) is 41.7 Å². The molecule has 2 aromatic rings. The average molecular weight is 271 g/mol. The summed E-state index contributed by atoms with van der Waals surface area (Å²) < 4.78 is 0. The summed E-state index contributed by atoms with van der Waals surface area (Å²) in [5.41, 5.74) is 3.56. The summed E-state index contributed by atoms with van der Waals surface area (Å²) in [6.45, 7) is 2.21. The number of hydrogen-bond acceptors (Lipinski definition) is 3. The zero-order chi connectivity index (χ0) is 14.4. The Bertz CT molecular complexity index is 510. The molecule has 2 unspecified atom stereocenters. The largest absolute Gasteiger partial charge is 0.394 e. The van der Waals surface area contributed by atoms with Crippen LogP contribution in [0.2, 0.25) is 0 Å². The highest BCUT2D eigenvalue weighted by Gasteiger charge is 2.08. The van der Waals surface area contributed by atoms with E-state index < -0.39 is 6.10 Å². The van der Waals surface area contributed by atoms with Crippen molar-refractivity contribution in [1.82, 2.24) is 5.32 Å². The van der Waals surface area contributed by atoms with Gasteiger partial charge in [-0.2, -0.15) is 0 Å². The van der Waals surface area contributed by atoms with Crippen molar-refractivity contribution in [2.75, 3.05) is 13.2 Å². The summed E-state index contributed by atoms with van der Waals surface area (Å²) in [7, 11) is 0. The lowest BCUT2D eigenvalue weighted by Crippen LogP contribution is -2.31. The maximum atomic E-state index is 9.33. The van der Waals surface area contributed by atoms with E-state index >= 15 is 0 Å². The summed E-state index contributed by atoms with van der Waals surface area (Å²) in [6, 6.07) is 18.8. The van der Waals surface area contributed by atoms with Crippen LogP contribution in [0.4, 0.5) is 0 Å². The van der Waals surface area contributed by atoms with Crippen LogP contribution < -0.4 is 5.32 Å². The Hall–Kier alpha value is -1.68. The molecule has 0 aliphatic rings. The van der Waals surface area contributed by atoms with Gasteiger partial charge in [0.25, 0.3) is 0 Å². The lowest BCUT2D eigenvalue weighted by Gasteiger charge is -2.16. The Morgan fingerprint density at radius 3 is 2.15 bits per heavy atom. The topological polar surface area (TPSA) is 52.5 Å². The highest BCUT2D eigenvalue weighted by atomic mass is 16.3. The lowest BCUT2D eigenvalue weighted by molar-refractivity contribution is 0.0924. The third kappa shape index (κ3) is 3.90. The van der Waals surface area contributed by atoms with E-state index in [1.54, 1.807) is 0 Å². The van der Waals surface area contributed by atoms with Gasteiger partial charge >= 0.3 is 0 Å². The summed E-state index contributed by atoms with van der Waals surface area (Å²) >= 11 is 0. The molecule has 0 radical (unpaired) electrons. The number of benzene rings is 2. The first-order valence-electron chi connectivity index (χ1n) is 6.88. The minimum Gasteiger partial charge on any atom is -0.394 e. The predicted molar refractivity (Wildman–Crippen MR) is 81.4 cm³/mol. The van der Waals surface area contributed by atoms with Crippen LogP contribution in [0.15, 0.2) is 54.6 Å². The number of rotatable bonds is 6. The Labute approximate surface area is 119 Å². The fraction of sp³-hybridized carbons (Fsp3) is 0.294. The van der Waals surface area contributed by atoms with E-state index in [0.717, 1.165) is 5.56 Å². The molecule has 3 nitrogen and oxygen atoms in total. The number of nitrogens with one attached hydrogen (secondary N) is 1. The second-order valence-electron chi connectivity index (χ2n) is 4.95. The molecule has 20 heavy (non-hydrogen) atoms. The molecule has 2 rings (SSSR count). The van der Waals surface area contributed by atoms with Crippen LogP contribution in [0.25, 0.3) is 11.1 Å². The molecule has 0 aromatic heterocycles. The molecule has 0 aliphatic carbocycles. The van der Waals surface area contributed by atoms with E-state index in [-0.39, 0.29) is 12.6 Å². The fourth-order valence-electron chi connectivity index (χ4n) is 2.09. The third-order valence-electron chi connectivity index (χ3n) is 3.39. The summed E-state index contributed by atoms with van der Waals surface area (Å²) in [5.74, 6) is 0. The molecule has 0 fully saturated rings. The summed E-state index contributed by atoms with van der Waals surface area (Å²) in [6.07, 6.45) is -0.707. The van der Waals surface area contributed by atoms with Crippen LogP contribution in [0.5, 0.6) is 0 Å². The van der Waals surface area contributed by atoms with Crippen molar-refractivity contribution in [3.8, 4) is 11.1 Å². The Kier molecular flexibility index (Phi) is 5.30. The zero-order valence-electron chi connectivity index (χ0n) is 11.7. The Morgan fingerprint density at radius 1 is 0.950 bits per heavy atom. The molecule has 0 aliphatic heterocycles. The number of aliphatic hydroxyl groups excluding tert-OH is 2. The van der Waals surface area contributed by atoms with Crippen LogP contribution in [0.1, 0.15) is 18.5 Å². The van der Waals surface area contributed by atoms with Crippen molar-refractivity contribution < 1.29 is 10.2 Å². The van der Waals surface area contributed by atoms with Crippen LogP contribution in [-0.2, 0) is 0 Å². The van der Waals surface area contributed by atoms with Crippen molar-refractivity contribution >= 4 is 0 Å². The first kappa shape index (κ1) is 14.7. The maximum absolute atomic E-state index is 9.33. The van der Waals surface area contributed by atoms with Crippen molar-refractivity contribution in [1.29, 1.82) is 0 Å². The monoisotopic (exact) mass is 271 g/mol. The predicted octanol–water partition coefficient (Wildman–Crippen LogP) is 2.36. The number of aliphatic hydroxyl groups is 2. The maximum Gasteiger partial charge on any atom is 0.0895 e. The molecule has 3 heteroatoms. The Morgan fingerprint density at radius 2 is 1.55 bits per heavy atom. The Balaban J connectivity index is 2.01. The van der Waals surface area contributed by atoms with E-state index in [1.165, 1.54) is 11.1 Å². The second-order valence-corrected chi connectivity index (χ2v) is 4.95. The summed E-state index contributed by atoms with van der Waals surface area (Å²) in [5, 5.41) is 21.3. The molecule has 0 bridgehead atoms. The van der Waals surface area contributed by atoms with E-state index in [4.69, 9.17) is 5.11 Å². The van der Waals surface area contributed by atoms with Crippen LogP contribution >= 0.6 is 0 Å². The van der Waals surface area contributed by atoms with Gasteiger partial charge in [-0.25, -0.2) is 0 Å². The standard InChI is InChI=1S/C17H21NO2/c1-13(18-11-17(20)12-19)14-7-9-16(10-8-14)15-5-3-2-4-6-15/h2-10,13,17-20H,11-12H2,1H3. The first-order valence-corrected chi connectivity index (χ1v) is 6.88. The van der Waals surface area contributed by atoms with Crippen molar-refractivity contribution in [2.45, 2.75) is 19.1 Å². The molecule has 2 aromatic carbocycles. The van der Waals surface area contributed by atoms with Crippen LogP contribution in [0.3, 0.4) is 0 Å². The van der Waals surface area contributed by atoms with Crippen molar-refractivity contribution in [2.24, 2.45) is 0 Å². The van der Waals surface area contributed by atoms with E-state index in [0.29, 0.717) is 6.54 Å². The molecule has 0 heterocycles. The van der Waals surface area contributed by atoms with Gasteiger partial charge in [0.15, 0.2) is 0 Å². The fourth-order valence-corrected chi connectivity index (χ4v) is 2.09. The molecule has 0 saturated heterocycles. The van der Waals surface area contributed by atoms with Crippen molar-refractivity contribution in [3.63, 3.8) is 0 Å². The molecule has 0 saturated carbocycles. The van der Waals surface area contributed by atoms with Gasteiger partial charge < -0.3 is 15.5 Å². The van der Waals surface area contributed by atoms with Gasteiger partial charge in [0.05, 0.1) is 12.7 Å². The molecule has 106 valence electrons. The molecular formula is C17H21NO2. The SMILES string of the molecule is CC(NCC(O)CO)c1ccc(-c2ccccc2)cc1. The second kappa shape index (κ2) is 7.20. The molecule has 0 spiro atoms. The average Bonchev–Trinajstić information content (AvgIpc) is 2.53. The minimum absolute atomic E-state index is 0.140. The molecule has 2 atom stereocenters. The van der Waals surface area contributed by atoms with Gasteiger partial charge in [-0.15, -0.1) is 0 Å². The van der Waals surface area contributed by atoms with Gasteiger partial charge in [-0.05, 0) is 23.6 Å². The zero-order valence-corrected chi connectivity index (χ0v) is 11.7. The molecule has 0 amide bonds. The number of hydrogen-bond donors (Lipinski definition) is 3. The summed E-state index contributed by atoms with van der Waals surface area (Å²) in [4.78, 5) is 0. The molecule has 3 N–H and O–H groups in total. The highest BCUT2D eigenvalue weighted by Crippen LogP contribution is 2.21. The lowest BCUT2D eigenvalue weighted by atomic mass is 10.0. The smallest absolute Gasteiger partial charge is 0.0895 e. The molecular weight excluding hydrogens is 250 g/mol. The normalized spacial score (nSPS) is 13.9. The van der Waals surface area contributed by atoms with Crippen LogP contribution in [0, 0.1) is 0 Å². The van der Waals surface area contributed by atoms with Crippen LogP contribution in [-0.4, -0.2) is 29.5 Å². The van der Waals surface area contributed by atoms with E-state index in [9.17, 15) is 5.11 Å². The van der Waals surface area contributed by atoms with Crippen molar-refractivity contribution in [3.05, 3.63) is 60.2 Å². The van der Waals surface area contributed by atoms with Gasteiger partial charge in [0.2, 0.25) is 0 Å². The first-order chi connectivity index (χ1) is 9.70. The van der Waals surface area contributed by atoms with Gasteiger partial charge in [0.1, 0.15) is 0 Å².